The van der Waals surface area contributed by atoms with E-state index in [1.54, 1.807) is 42.5 Å². The normalized spacial score (nSPS) is 10.9. The molecule has 1 N–H and O–H groups in total. The summed E-state index contributed by atoms with van der Waals surface area (Å²) in [7, 11) is 0. The monoisotopic (exact) mass is 400 g/mol. The molecule has 3 rings (SSSR count). The number of nitrogens with zero attached hydrogens (tertiary/aromatic N) is 1. The highest BCUT2D eigenvalue weighted by Gasteiger charge is 2.08. The topological polar surface area (TPSA) is 62.1 Å². The number of nitriles is 1. The summed E-state index contributed by atoms with van der Waals surface area (Å²) in [5, 5.41) is 12.1. The Morgan fingerprint density at radius 2 is 1.67 bits per heavy atom. The minimum atomic E-state index is -0.398. The zero-order valence-corrected chi connectivity index (χ0v) is 16.3. The third kappa shape index (κ3) is 6.32. The van der Waals surface area contributed by atoms with Crippen LogP contribution in [0.3, 0.4) is 0 Å². The van der Waals surface area contributed by atoms with Crippen LogP contribution < -0.4 is 10.1 Å². The maximum atomic E-state index is 12.9. The van der Waals surface area contributed by atoms with Crippen molar-refractivity contribution in [2.45, 2.75) is 13.0 Å². The number of nitrogens with one attached hydrogen (secondary N) is 1. The number of amides is 1. The van der Waals surface area contributed by atoms with Crippen LogP contribution in [0.5, 0.6) is 5.75 Å². The van der Waals surface area contributed by atoms with Gasteiger partial charge in [-0.1, -0.05) is 54.6 Å². The van der Waals surface area contributed by atoms with Gasteiger partial charge in [-0.05, 0) is 53.5 Å². The first-order chi connectivity index (χ1) is 14.6. The highest BCUT2D eigenvalue weighted by Crippen LogP contribution is 2.16. The lowest BCUT2D eigenvalue weighted by atomic mass is 10.1. The Hall–Kier alpha value is -3.91. The largest absolute Gasteiger partial charge is 0.489 e. The number of hydrogen-bond donors (Lipinski definition) is 1. The van der Waals surface area contributed by atoms with Crippen LogP contribution in [0.25, 0.3) is 6.08 Å². The van der Waals surface area contributed by atoms with Gasteiger partial charge in [-0.3, -0.25) is 4.79 Å². The predicted molar refractivity (Wildman–Crippen MR) is 114 cm³/mol. The van der Waals surface area contributed by atoms with Gasteiger partial charge in [0.15, 0.2) is 0 Å². The Morgan fingerprint density at radius 1 is 0.967 bits per heavy atom. The molecule has 30 heavy (non-hydrogen) atoms. The molecule has 0 heterocycles. The van der Waals surface area contributed by atoms with Gasteiger partial charge in [0, 0.05) is 6.54 Å². The molecule has 0 atom stereocenters. The summed E-state index contributed by atoms with van der Waals surface area (Å²) in [4.78, 5) is 12.3. The molecule has 0 aromatic heterocycles. The molecule has 0 spiro atoms. The van der Waals surface area contributed by atoms with E-state index in [0.29, 0.717) is 25.3 Å². The summed E-state index contributed by atoms with van der Waals surface area (Å²) in [5.41, 5.74) is 2.75. The summed E-state index contributed by atoms with van der Waals surface area (Å²) in [6.07, 6.45) is 2.24. The van der Waals surface area contributed by atoms with Gasteiger partial charge in [0.2, 0.25) is 0 Å². The lowest BCUT2D eigenvalue weighted by Gasteiger charge is -2.07. The molecule has 0 aliphatic heterocycles. The molecular formula is C25H21FN2O2. The summed E-state index contributed by atoms with van der Waals surface area (Å²) in [5.74, 6) is -0.0420. The molecule has 0 bridgehead atoms. The number of halogens is 1. The van der Waals surface area contributed by atoms with E-state index in [2.05, 4.69) is 5.32 Å². The van der Waals surface area contributed by atoms with Gasteiger partial charge in [-0.25, -0.2) is 4.39 Å². The van der Waals surface area contributed by atoms with Gasteiger partial charge in [0.25, 0.3) is 5.91 Å². The van der Waals surface area contributed by atoms with Crippen LogP contribution in [0, 0.1) is 17.1 Å². The average Bonchev–Trinajstić information content (AvgIpc) is 2.78. The van der Waals surface area contributed by atoms with Crippen molar-refractivity contribution >= 4 is 12.0 Å². The Labute approximate surface area is 175 Å². The SMILES string of the molecule is N#C/C(=C/c1ccc(OCc2ccc(F)cc2)cc1)C(=O)NCCc1ccccc1. The van der Waals surface area contributed by atoms with E-state index in [-0.39, 0.29) is 11.4 Å². The molecule has 3 aromatic rings. The fraction of sp³-hybridized carbons (Fsp3) is 0.120. The van der Waals surface area contributed by atoms with E-state index in [0.717, 1.165) is 16.7 Å². The van der Waals surface area contributed by atoms with Crippen molar-refractivity contribution in [2.75, 3.05) is 6.54 Å². The fourth-order valence-corrected chi connectivity index (χ4v) is 2.78. The zero-order valence-electron chi connectivity index (χ0n) is 16.3. The fourth-order valence-electron chi connectivity index (χ4n) is 2.78. The van der Waals surface area contributed by atoms with E-state index >= 15 is 0 Å². The molecular weight excluding hydrogens is 379 g/mol. The van der Waals surface area contributed by atoms with Crippen molar-refractivity contribution < 1.29 is 13.9 Å². The Morgan fingerprint density at radius 3 is 2.33 bits per heavy atom. The molecule has 0 unspecified atom stereocenters. The smallest absolute Gasteiger partial charge is 0.261 e. The molecule has 1 amide bonds. The molecule has 0 aliphatic rings. The van der Waals surface area contributed by atoms with Crippen LogP contribution in [0.4, 0.5) is 4.39 Å². The van der Waals surface area contributed by atoms with Gasteiger partial charge in [-0.2, -0.15) is 5.26 Å². The standard InChI is InChI=1S/C25H21FN2O2/c26-23-10-6-21(7-11-23)18-30-24-12-8-20(9-13-24)16-22(17-27)25(29)28-15-14-19-4-2-1-3-5-19/h1-13,16H,14-15,18H2,(H,28,29)/b22-16-. The zero-order chi connectivity index (χ0) is 21.2. The lowest BCUT2D eigenvalue weighted by Crippen LogP contribution is -2.26. The molecule has 4 nitrogen and oxygen atoms in total. The van der Waals surface area contributed by atoms with Crippen LogP contribution in [-0.2, 0) is 17.8 Å². The maximum absolute atomic E-state index is 12.9. The highest BCUT2D eigenvalue weighted by atomic mass is 19.1. The van der Waals surface area contributed by atoms with Crippen molar-refractivity contribution in [2.24, 2.45) is 0 Å². The Bertz CT molecular complexity index is 1040. The second-order valence-corrected chi connectivity index (χ2v) is 6.65. The van der Waals surface area contributed by atoms with Gasteiger partial charge in [-0.15, -0.1) is 0 Å². The predicted octanol–water partition coefficient (Wildman–Crippen LogP) is 4.67. The molecule has 5 heteroatoms. The van der Waals surface area contributed by atoms with Gasteiger partial charge >= 0.3 is 0 Å². The van der Waals surface area contributed by atoms with E-state index in [1.807, 2.05) is 36.4 Å². The summed E-state index contributed by atoms with van der Waals surface area (Å²) >= 11 is 0. The molecule has 0 saturated carbocycles. The van der Waals surface area contributed by atoms with Crippen molar-refractivity contribution in [1.82, 2.24) is 5.32 Å². The van der Waals surface area contributed by atoms with E-state index in [9.17, 15) is 14.4 Å². The summed E-state index contributed by atoms with van der Waals surface area (Å²) in [6.45, 7) is 0.779. The number of ether oxygens (including phenoxy) is 1. The second kappa shape index (κ2) is 10.6. The molecule has 3 aromatic carbocycles. The van der Waals surface area contributed by atoms with Gasteiger partial charge in [0.1, 0.15) is 29.8 Å². The Balaban J connectivity index is 1.53. The van der Waals surface area contributed by atoms with Crippen LogP contribution in [0.15, 0.2) is 84.4 Å². The molecule has 0 saturated heterocycles. The van der Waals surface area contributed by atoms with Gasteiger partial charge < -0.3 is 10.1 Å². The highest BCUT2D eigenvalue weighted by molar-refractivity contribution is 6.01. The van der Waals surface area contributed by atoms with Crippen molar-refractivity contribution in [1.29, 1.82) is 5.26 Å². The summed E-state index contributed by atoms with van der Waals surface area (Å²) < 4.78 is 18.6. The first-order valence-electron chi connectivity index (χ1n) is 9.55. The number of rotatable bonds is 8. The number of benzene rings is 3. The quantitative estimate of drug-likeness (QED) is 0.441. The first kappa shape index (κ1) is 20.8. The Kier molecular flexibility index (Phi) is 7.34. The molecule has 0 fully saturated rings. The van der Waals surface area contributed by atoms with Crippen LogP contribution in [0.1, 0.15) is 16.7 Å². The van der Waals surface area contributed by atoms with Crippen LogP contribution in [0.2, 0.25) is 0 Å². The van der Waals surface area contributed by atoms with Crippen molar-refractivity contribution in [3.63, 3.8) is 0 Å². The molecule has 150 valence electrons. The van der Waals surface area contributed by atoms with Crippen molar-refractivity contribution in [3.05, 3.63) is 107 Å². The van der Waals surface area contributed by atoms with Crippen molar-refractivity contribution in [3.8, 4) is 11.8 Å². The summed E-state index contributed by atoms with van der Waals surface area (Å²) in [6, 6.07) is 25.0. The van der Waals surface area contributed by atoms with E-state index in [4.69, 9.17) is 4.74 Å². The first-order valence-corrected chi connectivity index (χ1v) is 9.55. The number of hydrogen-bond acceptors (Lipinski definition) is 3. The second-order valence-electron chi connectivity index (χ2n) is 6.65. The van der Waals surface area contributed by atoms with E-state index in [1.165, 1.54) is 12.1 Å². The third-order valence-electron chi connectivity index (χ3n) is 4.42. The molecule has 0 aliphatic carbocycles. The van der Waals surface area contributed by atoms with Gasteiger partial charge in [0.05, 0.1) is 0 Å². The number of carbonyl (C=O) groups excluding carboxylic acids is 1. The molecule has 0 radical (unpaired) electrons. The minimum absolute atomic E-state index is 0.0445. The van der Waals surface area contributed by atoms with Crippen LogP contribution >= 0.6 is 0 Å². The minimum Gasteiger partial charge on any atom is -0.489 e. The average molecular weight is 400 g/mol. The number of carbonyl (C=O) groups is 1. The lowest BCUT2D eigenvalue weighted by molar-refractivity contribution is -0.117. The van der Waals surface area contributed by atoms with Crippen LogP contribution in [-0.4, -0.2) is 12.5 Å². The maximum Gasteiger partial charge on any atom is 0.261 e. The van der Waals surface area contributed by atoms with E-state index < -0.39 is 5.91 Å². The third-order valence-corrected chi connectivity index (χ3v) is 4.42.